The molecular formula is C12H17N3O3. The molecule has 0 radical (unpaired) electrons. The zero-order valence-corrected chi connectivity index (χ0v) is 10.3. The maximum atomic E-state index is 10.9. The van der Waals surface area contributed by atoms with E-state index in [1.54, 1.807) is 13.1 Å². The standard InChI is InChI=1S/C12H17N3O3/c1-9-6-10(15(17)18)11(13-7-9)14-8-12(2-3-12)4-5-16/h6-7,16H,2-5,8H2,1H3,(H,13,14). The highest BCUT2D eigenvalue weighted by atomic mass is 16.6. The molecule has 1 fully saturated rings. The molecule has 1 saturated carbocycles. The van der Waals surface area contributed by atoms with Crippen LogP contribution in [0.15, 0.2) is 12.3 Å². The van der Waals surface area contributed by atoms with E-state index in [4.69, 9.17) is 5.11 Å². The predicted molar refractivity (Wildman–Crippen MR) is 67.5 cm³/mol. The van der Waals surface area contributed by atoms with E-state index in [9.17, 15) is 10.1 Å². The fourth-order valence-corrected chi connectivity index (χ4v) is 2.03. The van der Waals surface area contributed by atoms with Gasteiger partial charge >= 0.3 is 5.69 Å². The number of hydrogen-bond donors (Lipinski definition) is 2. The second-order valence-electron chi connectivity index (χ2n) is 4.96. The number of aliphatic hydroxyl groups excluding tert-OH is 1. The molecular weight excluding hydrogens is 234 g/mol. The van der Waals surface area contributed by atoms with E-state index in [2.05, 4.69) is 10.3 Å². The molecule has 0 unspecified atom stereocenters. The monoisotopic (exact) mass is 251 g/mol. The molecule has 1 aromatic heterocycles. The minimum absolute atomic E-state index is 0.00907. The zero-order valence-electron chi connectivity index (χ0n) is 10.3. The third kappa shape index (κ3) is 2.76. The van der Waals surface area contributed by atoms with Crippen LogP contribution in [0.5, 0.6) is 0 Å². The summed E-state index contributed by atoms with van der Waals surface area (Å²) in [6.07, 6.45) is 4.46. The van der Waals surface area contributed by atoms with Crippen LogP contribution in [0, 0.1) is 22.5 Å². The summed E-state index contributed by atoms with van der Waals surface area (Å²) in [6, 6.07) is 1.51. The zero-order chi connectivity index (χ0) is 13.2. The molecule has 0 bridgehead atoms. The van der Waals surface area contributed by atoms with Crippen molar-refractivity contribution in [2.24, 2.45) is 5.41 Å². The number of nitrogens with one attached hydrogen (secondary N) is 1. The number of nitrogens with zero attached hydrogens (tertiary/aromatic N) is 2. The minimum Gasteiger partial charge on any atom is -0.396 e. The van der Waals surface area contributed by atoms with Crippen LogP contribution in [0.2, 0.25) is 0 Å². The first-order valence-corrected chi connectivity index (χ1v) is 6.02. The Labute approximate surface area is 105 Å². The lowest BCUT2D eigenvalue weighted by Crippen LogP contribution is -2.18. The van der Waals surface area contributed by atoms with Gasteiger partial charge in [0.05, 0.1) is 4.92 Å². The lowest BCUT2D eigenvalue weighted by Gasteiger charge is -2.14. The molecule has 0 aromatic carbocycles. The lowest BCUT2D eigenvalue weighted by atomic mass is 10.0. The summed E-state index contributed by atoms with van der Waals surface area (Å²) in [7, 11) is 0. The van der Waals surface area contributed by atoms with E-state index < -0.39 is 4.92 Å². The molecule has 18 heavy (non-hydrogen) atoms. The van der Waals surface area contributed by atoms with Crippen LogP contribution in [0.3, 0.4) is 0 Å². The molecule has 0 amide bonds. The van der Waals surface area contributed by atoms with Crippen LogP contribution in [0.25, 0.3) is 0 Å². The number of nitro groups is 1. The predicted octanol–water partition coefficient (Wildman–Crippen LogP) is 1.87. The van der Waals surface area contributed by atoms with E-state index in [1.165, 1.54) is 6.07 Å². The normalized spacial score (nSPS) is 16.3. The SMILES string of the molecule is Cc1cnc(NCC2(CCO)CC2)c([N+](=O)[O-])c1. The highest BCUT2D eigenvalue weighted by Crippen LogP contribution is 2.48. The highest BCUT2D eigenvalue weighted by Gasteiger charge is 2.41. The van der Waals surface area contributed by atoms with Crippen LogP contribution in [-0.4, -0.2) is 28.2 Å². The van der Waals surface area contributed by atoms with Gasteiger partial charge in [0.1, 0.15) is 0 Å². The minimum atomic E-state index is -0.423. The summed E-state index contributed by atoms with van der Waals surface area (Å²) < 4.78 is 0. The summed E-state index contributed by atoms with van der Waals surface area (Å²) in [4.78, 5) is 14.6. The number of aryl methyl sites for hydroxylation is 1. The van der Waals surface area contributed by atoms with Gasteiger partial charge in [-0.25, -0.2) is 4.98 Å². The van der Waals surface area contributed by atoms with Crippen LogP contribution < -0.4 is 5.32 Å². The summed E-state index contributed by atoms with van der Waals surface area (Å²) in [5, 5.41) is 22.9. The molecule has 0 spiro atoms. The molecule has 0 atom stereocenters. The van der Waals surface area contributed by atoms with E-state index >= 15 is 0 Å². The van der Waals surface area contributed by atoms with Crippen LogP contribution in [-0.2, 0) is 0 Å². The molecule has 1 heterocycles. The molecule has 1 aliphatic rings. The Morgan fingerprint density at radius 1 is 1.61 bits per heavy atom. The maximum Gasteiger partial charge on any atom is 0.311 e. The van der Waals surface area contributed by atoms with Gasteiger partial charge in [-0.15, -0.1) is 0 Å². The van der Waals surface area contributed by atoms with Gasteiger partial charge in [0.25, 0.3) is 0 Å². The Hall–Kier alpha value is -1.69. The van der Waals surface area contributed by atoms with Gasteiger partial charge in [0.2, 0.25) is 5.82 Å². The quantitative estimate of drug-likeness (QED) is 0.595. The highest BCUT2D eigenvalue weighted by molar-refractivity contribution is 5.56. The Bertz CT molecular complexity index is 458. The van der Waals surface area contributed by atoms with Crippen molar-refractivity contribution in [3.05, 3.63) is 27.9 Å². The number of aromatic nitrogens is 1. The van der Waals surface area contributed by atoms with Crippen molar-refractivity contribution in [3.8, 4) is 0 Å². The second kappa shape index (κ2) is 4.89. The van der Waals surface area contributed by atoms with Crippen molar-refractivity contribution in [1.29, 1.82) is 0 Å². The van der Waals surface area contributed by atoms with Crippen molar-refractivity contribution in [2.45, 2.75) is 26.2 Å². The molecule has 2 N–H and O–H groups in total. The third-order valence-electron chi connectivity index (χ3n) is 3.43. The van der Waals surface area contributed by atoms with Crippen molar-refractivity contribution >= 4 is 11.5 Å². The average Bonchev–Trinajstić information content (AvgIpc) is 3.08. The molecule has 6 heteroatoms. The Kier molecular flexibility index (Phi) is 3.47. The van der Waals surface area contributed by atoms with E-state index in [1.807, 2.05) is 0 Å². The van der Waals surface area contributed by atoms with Crippen molar-refractivity contribution in [3.63, 3.8) is 0 Å². The molecule has 2 rings (SSSR count). The maximum absolute atomic E-state index is 10.9. The van der Waals surface area contributed by atoms with Crippen molar-refractivity contribution in [1.82, 2.24) is 4.98 Å². The summed E-state index contributed by atoms with van der Waals surface area (Å²) in [6.45, 7) is 2.56. The Balaban J connectivity index is 2.07. The second-order valence-corrected chi connectivity index (χ2v) is 4.96. The van der Waals surface area contributed by atoms with Crippen molar-refractivity contribution in [2.75, 3.05) is 18.5 Å². The first-order chi connectivity index (χ1) is 8.56. The van der Waals surface area contributed by atoms with E-state index in [0.717, 1.165) is 24.8 Å². The number of rotatable bonds is 6. The van der Waals surface area contributed by atoms with Crippen LogP contribution in [0.4, 0.5) is 11.5 Å². The first kappa shape index (κ1) is 12.8. The number of pyridine rings is 1. The van der Waals surface area contributed by atoms with Crippen LogP contribution >= 0.6 is 0 Å². The fourth-order valence-electron chi connectivity index (χ4n) is 2.03. The van der Waals surface area contributed by atoms with Crippen molar-refractivity contribution < 1.29 is 10.0 Å². The summed E-state index contributed by atoms with van der Waals surface area (Å²) >= 11 is 0. The molecule has 1 aliphatic carbocycles. The third-order valence-corrected chi connectivity index (χ3v) is 3.43. The molecule has 0 aliphatic heterocycles. The van der Waals surface area contributed by atoms with Gasteiger partial charge in [-0.05, 0) is 37.2 Å². The van der Waals surface area contributed by atoms with Gasteiger partial charge in [-0.2, -0.15) is 0 Å². The first-order valence-electron chi connectivity index (χ1n) is 6.02. The van der Waals surface area contributed by atoms with E-state index in [0.29, 0.717) is 12.4 Å². The van der Waals surface area contributed by atoms with E-state index in [-0.39, 0.29) is 17.7 Å². The van der Waals surface area contributed by atoms with Crippen LogP contribution in [0.1, 0.15) is 24.8 Å². The molecule has 98 valence electrons. The number of aliphatic hydroxyl groups is 1. The van der Waals surface area contributed by atoms with Gasteiger partial charge < -0.3 is 10.4 Å². The van der Waals surface area contributed by atoms with Gasteiger partial charge in [-0.3, -0.25) is 10.1 Å². The summed E-state index contributed by atoms with van der Waals surface area (Å²) in [5.74, 6) is 0.315. The topological polar surface area (TPSA) is 88.3 Å². The summed E-state index contributed by atoms with van der Waals surface area (Å²) in [5.41, 5.74) is 0.883. The lowest BCUT2D eigenvalue weighted by molar-refractivity contribution is -0.384. The Morgan fingerprint density at radius 2 is 2.33 bits per heavy atom. The molecule has 0 saturated heterocycles. The average molecular weight is 251 g/mol. The van der Waals surface area contributed by atoms with Gasteiger partial charge in [0, 0.05) is 25.4 Å². The van der Waals surface area contributed by atoms with Gasteiger partial charge in [0.15, 0.2) is 0 Å². The smallest absolute Gasteiger partial charge is 0.311 e. The van der Waals surface area contributed by atoms with Gasteiger partial charge in [-0.1, -0.05) is 0 Å². The molecule has 6 nitrogen and oxygen atoms in total. The number of anilines is 1. The fraction of sp³-hybridized carbons (Fsp3) is 0.583. The Morgan fingerprint density at radius 3 is 2.89 bits per heavy atom. The molecule has 1 aromatic rings. The number of hydrogen-bond acceptors (Lipinski definition) is 5. The largest absolute Gasteiger partial charge is 0.396 e.